The van der Waals surface area contributed by atoms with Gasteiger partial charge in [0.05, 0.1) is 6.04 Å². The molecule has 2 rings (SSSR count). The number of amides is 1. The van der Waals surface area contributed by atoms with Crippen molar-refractivity contribution in [2.75, 3.05) is 6.54 Å². The predicted octanol–water partition coefficient (Wildman–Crippen LogP) is 3.26. The zero-order valence-electron chi connectivity index (χ0n) is 12.1. The second-order valence-corrected chi connectivity index (χ2v) is 6.16. The summed E-state index contributed by atoms with van der Waals surface area (Å²) in [5.41, 5.74) is 1.31. The average Bonchev–Trinajstić information content (AvgIpc) is 2.34. The second kappa shape index (κ2) is 5.09. The summed E-state index contributed by atoms with van der Waals surface area (Å²) < 4.78 is 0. The number of hydrogen-bond acceptors (Lipinski definition) is 1. The third-order valence-electron chi connectivity index (χ3n) is 3.47. The summed E-state index contributed by atoms with van der Waals surface area (Å²) in [7, 11) is 0. The Hall–Kier alpha value is -1.75. The van der Waals surface area contributed by atoms with E-state index >= 15 is 0 Å². The van der Waals surface area contributed by atoms with Gasteiger partial charge in [-0.2, -0.15) is 0 Å². The fraction of sp³-hybridized carbons (Fsp3) is 0.471. The molecule has 0 radical (unpaired) electrons. The van der Waals surface area contributed by atoms with Crippen LogP contribution in [-0.4, -0.2) is 17.4 Å². The Morgan fingerprint density at radius 3 is 2.47 bits per heavy atom. The summed E-state index contributed by atoms with van der Waals surface area (Å²) in [4.78, 5) is 14.0. The Kier molecular flexibility index (Phi) is 3.66. The Bertz CT molecular complexity index is 519. The number of hydrogen-bond donors (Lipinski definition) is 0. The fourth-order valence-corrected chi connectivity index (χ4v) is 2.66. The van der Waals surface area contributed by atoms with E-state index in [1.54, 1.807) is 0 Å². The first kappa shape index (κ1) is 13.7. The quantitative estimate of drug-likeness (QED) is 0.705. The molecule has 0 aromatic heterocycles. The van der Waals surface area contributed by atoms with Crippen molar-refractivity contribution in [2.24, 2.45) is 11.3 Å². The van der Waals surface area contributed by atoms with Crippen LogP contribution in [0.15, 0.2) is 30.3 Å². The molecule has 1 fully saturated rings. The van der Waals surface area contributed by atoms with Crippen molar-refractivity contribution in [3.63, 3.8) is 0 Å². The third-order valence-corrected chi connectivity index (χ3v) is 3.47. The summed E-state index contributed by atoms with van der Waals surface area (Å²) in [6.45, 7) is 9.16. The molecule has 2 nitrogen and oxygen atoms in total. The Balaban J connectivity index is 2.21. The van der Waals surface area contributed by atoms with E-state index in [9.17, 15) is 4.79 Å². The molecule has 0 bridgehead atoms. The first-order valence-corrected chi connectivity index (χ1v) is 6.79. The lowest BCUT2D eigenvalue weighted by Gasteiger charge is -2.53. The third kappa shape index (κ3) is 2.81. The summed E-state index contributed by atoms with van der Waals surface area (Å²) >= 11 is 0. The van der Waals surface area contributed by atoms with Crippen LogP contribution in [0, 0.1) is 23.2 Å². The van der Waals surface area contributed by atoms with E-state index in [0.29, 0.717) is 0 Å². The van der Waals surface area contributed by atoms with Crippen LogP contribution in [-0.2, 0) is 4.79 Å². The van der Waals surface area contributed by atoms with Crippen molar-refractivity contribution < 1.29 is 4.79 Å². The second-order valence-electron chi connectivity index (χ2n) is 6.16. The van der Waals surface area contributed by atoms with E-state index in [4.69, 9.17) is 0 Å². The number of likely N-dealkylation sites (tertiary alicyclic amines) is 1. The van der Waals surface area contributed by atoms with Crippen molar-refractivity contribution in [1.82, 2.24) is 4.90 Å². The molecule has 1 heterocycles. The lowest BCUT2D eigenvalue weighted by molar-refractivity contribution is -0.145. The van der Waals surface area contributed by atoms with Crippen LogP contribution in [0.4, 0.5) is 0 Å². The van der Waals surface area contributed by atoms with Gasteiger partial charge in [-0.1, -0.05) is 63.9 Å². The fourth-order valence-electron chi connectivity index (χ4n) is 2.66. The van der Waals surface area contributed by atoms with Crippen LogP contribution < -0.4 is 0 Å². The van der Waals surface area contributed by atoms with Crippen molar-refractivity contribution in [1.29, 1.82) is 0 Å². The van der Waals surface area contributed by atoms with Crippen molar-refractivity contribution >= 4 is 5.91 Å². The van der Waals surface area contributed by atoms with Crippen LogP contribution in [0.1, 0.15) is 39.3 Å². The van der Waals surface area contributed by atoms with Gasteiger partial charge in [-0.05, 0) is 11.5 Å². The maximum atomic E-state index is 12.2. The van der Waals surface area contributed by atoms with E-state index in [0.717, 1.165) is 6.54 Å². The van der Waals surface area contributed by atoms with Crippen LogP contribution >= 0.6 is 0 Å². The van der Waals surface area contributed by atoms with Crippen molar-refractivity contribution in [2.45, 2.75) is 33.7 Å². The highest BCUT2D eigenvalue weighted by Gasteiger charge is 2.48. The number of nitrogens with zero attached hydrogens (tertiary/aromatic N) is 1. The molecule has 19 heavy (non-hydrogen) atoms. The Labute approximate surface area is 115 Å². The molecule has 1 aliphatic heterocycles. The van der Waals surface area contributed by atoms with Gasteiger partial charge in [-0.15, -0.1) is 0 Å². The van der Waals surface area contributed by atoms with Crippen LogP contribution in [0.2, 0.25) is 0 Å². The van der Waals surface area contributed by atoms with E-state index in [1.165, 1.54) is 5.56 Å². The van der Waals surface area contributed by atoms with Crippen LogP contribution in [0.5, 0.6) is 0 Å². The maximum Gasteiger partial charge on any atom is 0.299 e. The Morgan fingerprint density at radius 2 is 1.95 bits per heavy atom. The highest BCUT2D eigenvalue weighted by molar-refractivity contribution is 5.94. The molecule has 0 aliphatic carbocycles. The minimum Gasteiger partial charge on any atom is -0.324 e. The number of carbonyl (C=O) groups is 1. The van der Waals surface area contributed by atoms with Crippen LogP contribution in [0.3, 0.4) is 0 Å². The minimum atomic E-state index is -0.0538. The monoisotopic (exact) mass is 255 g/mol. The van der Waals surface area contributed by atoms with Gasteiger partial charge in [-0.3, -0.25) is 4.79 Å². The first-order valence-electron chi connectivity index (χ1n) is 6.79. The number of benzene rings is 1. The van der Waals surface area contributed by atoms with Gasteiger partial charge in [0.2, 0.25) is 0 Å². The lowest BCUT2D eigenvalue weighted by Crippen LogP contribution is -2.57. The molecule has 1 aromatic rings. The Morgan fingerprint density at radius 1 is 1.32 bits per heavy atom. The highest BCUT2D eigenvalue weighted by atomic mass is 16.2. The van der Waals surface area contributed by atoms with Gasteiger partial charge in [0.15, 0.2) is 0 Å². The highest BCUT2D eigenvalue weighted by Crippen LogP contribution is 2.48. The van der Waals surface area contributed by atoms with E-state index in [2.05, 4.69) is 37.8 Å². The molecular weight excluding hydrogens is 234 g/mol. The maximum absolute atomic E-state index is 12.2. The smallest absolute Gasteiger partial charge is 0.299 e. The SMILES string of the molecule is CC(C)C#CC(=O)N1CC(C)(C)C1c1ccccc1. The first-order chi connectivity index (χ1) is 8.92. The van der Waals surface area contributed by atoms with Crippen molar-refractivity contribution in [3.8, 4) is 11.8 Å². The molecule has 1 atom stereocenters. The van der Waals surface area contributed by atoms with E-state index < -0.39 is 0 Å². The molecule has 0 N–H and O–H groups in total. The minimum absolute atomic E-state index is 0.0538. The molecule has 0 spiro atoms. The molecular formula is C17H21NO. The molecule has 1 unspecified atom stereocenters. The van der Waals surface area contributed by atoms with Gasteiger partial charge in [0, 0.05) is 17.9 Å². The van der Waals surface area contributed by atoms with Crippen molar-refractivity contribution in [3.05, 3.63) is 35.9 Å². The largest absolute Gasteiger partial charge is 0.324 e. The zero-order chi connectivity index (χ0) is 14.0. The molecule has 1 aromatic carbocycles. The molecule has 0 saturated carbocycles. The van der Waals surface area contributed by atoms with Gasteiger partial charge in [0.25, 0.3) is 5.91 Å². The molecule has 1 saturated heterocycles. The number of carbonyl (C=O) groups excluding carboxylic acids is 1. The van der Waals surface area contributed by atoms with Gasteiger partial charge in [0.1, 0.15) is 0 Å². The van der Waals surface area contributed by atoms with Crippen LogP contribution in [0.25, 0.3) is 0 Å². The van der Waals surface area contributed by atoms with E-state index in [1.807, 2.05) is 36.9 Å². The van der Waals surface area contributed by atoms with Gasteiger partial charge in [-0.25, -0.2) is 0 Å². The summed E-state index contributed by atoms with van der Waals surface area (Å²) in [6, 6.07) is 10.4. The summed E-state index contributed by atoms with van der Waals surface area (Å²) in [6.07, 6.45) is 0. The molecule has 1 amide bonds. The molecule has 2 heteroatoms. The molecule has 1 aliphatic rings. The summed E-state index contributed by atoms with van der Waals surface area (Å²) in [5, 5.41) is 0. The van der Waals surface area contributed by atoms with Gasteiger partial charge < -0.3 is 4.90 Å². The number of rotatable bonds is 1. The summed E-state index contributed by atoms with van der Waals surface area (Å²) in [5.74, 6) is 5.89. The topological polar surface area (TPSA) is 20.3 Å². The zero-order valence-corrected chi connectivity index (χ0v) is 12.1. The standard InChI is InChI=1S/C17H21NO/c1-13(2)10-11-15(19)18-12-17(3,4)16(18)14-8-6-5-7-9-14/h5-9,13,16H,12H2,1-4H3. The predicted molar refractivity (Wildman–Crippen MR) is 77.3 cm³/mol. The average molecular weight is 255 g/mol. The van der Waals surface area contributed by atoms with Gasteiger partial charge >= 0.3 is 0 Å². The molecule has 100 valence electrons. The normalized spacial score (nSPS) is 20.5. The lowest BCUT2D eigenvalue weighted by atomic mass is 9.71. The van der Waals surface area contributed by atoms with E-state index in [-0.39, 0.29) is 23.3 Å².